The number of rotatable bonds is 2. The summed E-state index contributed by atoms with van der Waals surface area (Å²) in [6, 6.07) is 0. The molecule has 2 aliphatic carbocycles. The fourth-order valence-electron chi connectivity index (χ4n) is 2.72. The van der Waals surface area contributed by atoms with E-state index in [-0.39, 0.29) is 0 Å². The summed E-state index contributed by atoms with van der Waals surface area (Å²) in [4.78, 5) is 4.78. The molecule has 0 unspecified atom stereocenters. The molecular formula is C13H22N2S. The molecule has 0 aromatic rings. The highest BCUT2D eigenvalue weighted by Gasteiger charge is 2.40. The minimum Gasteiger partial charge on any atom is -0.359 e. The molecule has 0 bridgehead atoms. The van der Waals surface area contributed by atoms with Crippen LogP contribution in [0.2, 0.25) is 0 Å². The molecule has 0 aromatic carbocycles. The van der Waals surface area contributed by atoms with Crippen molar-refractivity contribution in [2.24, 2.45) is 10.4 Å². The largest absolute Gasteiger partial charge is 0.359 e. The first kappa shape index (κ1) is 10.9. The van der Waals surface area contributed by atoms with Gasteiger partial charge in [-0.25, -0.2) is 0 Å². The zero-order chi connectivity index (χ0) is 11.1. The Morgan fingerprint density at radius 2 is 1.94 bits per heavy atom. The van der Waals surface area contributed by atoms with Gasteiger partial charge in [0.05, 0.1) is 0 Å². The van der Waals surface area contributed by atoms with Gasteiger partial charge in [0.1, 0.15) is 0 Å². The molecule has 3 heteroatoms. The fourth-order valence-corrected chi connectivity index (χ4v) is 3.94. The molecule has 1 spiro atoms. The fraction of sp³-hybridized carbons (Fsp3) is 0.923. The molecule has 2 saturated carbocycles. The summed E-state index contributed by atoms with van der Waals surface area (Å²) in [5.41, 5.74) is 0.976. The first-order chi connectivity index (χ1) is 7.70. The van der Waals surface area contributed by atoms with E-state index in [1.54, 1.807) is 0 Å². The van der Waals surface area contributed by atoms with Crippen molar-refractivity contribution >= 4 is 16.9 Å². The quantitative estimate of drug-likeness (QED) is 0.799. The van der Waals surface area contributed by atoms with Crippen molar-refractivity contribution in [2.75, 3.05) is 12.3 Å². The van der Waals surface area contributed by atoms with Gasteiger partial charge in [-0.2, -0.15) is 0 Å². The van der Waals surface area contributed by atoms with Crippen LogP contribution in [0, 0.1) is 5.41 Å². The molecule has 1 saturated heterocycles. The molecule has 1 N–H and O–H groups in total. The predicted octanol–water partition coefficient (Wildman–Crippen LogP) is 3.18. The van der Waals surface area contributed by atoms with E-state index in [4.69, 9.17) is 4.99 Å². The van der Waals surface area contributed by atoms with Crippen LogP contribution in [-0.4, -0.2) is 23.0 Å². The SMILES string of the molecule is CC1(CN=C2NC3(CCCCC3)CS2)CC1. The molecule has 0 radical (unpaired) electrons. The molecule has 2 nitrogen and oxygen atoms in total. The summed E-state index contributed by atoms with van der Waals surface area (Å²) in [5, 5.41) is 4.95. The number of hydrogen-bond acceptors (Lipinski definition) is 2. The van der Waals surface area contributed by atoms with Gasteiger partial charge >= 0.3 is 0 Å². The van der Waals surface area contributed by atoms with Crippen LogP contribution < -0.4 is 5.32 Å². The lowest BCUT2D eigenvalue weighted by molar-refractivity contribution is 0.303. The maximum absolute atomic E-state index is 4.78. The molecule has 3 fully saturated rings. The average molecular weight is 238 g/mol. The van der Waals surface area contributed by atoms with Gasteiger partial charge in [-0.15, -0.1) is 0 Å². The van der Waals surface area contributed by atoms with Crippen molar-refractivity contribution in [3.8, 4) is 0 Å². The van der Waals surface area contributed by atoms with Gasteiger partial charge in [-0.05, 0) is 31.1 Å². The third-order valence-electron chi connectivity index (χ3n) is 4.38. The maximum Gasteiger partial charge on any atom is 0.157 e. The van der Waals surface area contributed by atoms with E-state index < -0.39 is 0 Å². The Morgan fingerprint density at radius 1 is 1.19 bits per heavy atom. The van der Waals surface area contributed by atoms with Crippen LogP contribution in [0.25, 0.3) is 0 Å². The molecule has 0 amide bonds. The number of thioether (sulfide) groups is 1. The number of aliphatic imine (C=N–C) groups is 1. The lowest BCUT2D eigenvalue weighted by atomic mass is 9.83. The van der Waals surface area contributed by atoms with Crippen molar-refractivity contribution < 1.29 is 0 Å². The third-order valence-corrected chi connectivity index (χ3v) is 5.58. The van der Waals surface area contributed by atoms with Gasteiger partial charge in [-0.3, -0.25) is 4.99 Å². The smallest absolute Gasteiger partial charge is 0.157 e. The monoisotopic (exact) mass is 238 g/mol. The lowest BCUT2D eigenvalue weighted by Gasteiger charge is -2.32. The summed E-state index contributed by atoms with van der Waals surface area (Å²) in [6.45, 7) is 3.39. The van der Waals surface area contributed by atoms with Crippen LogP contribution in [0.1, 0.15) is 51.9 Å². The molecular weight excluding hydrogens is 216 g/mol. The van der Waals surface area contributed by atoms with E-state index in [1.165, 1.54) is 55.9 Å². The second kappa shape index (κ2) is 3.94. The Morgan fingerprint density at radius 3 is 2.62 bits per heavy atom. The number of nitrogens with zero attached hydrogens (tertiary/aromatic N) is 1. The molecule has 16 heavy (non-hydrogen) atoms. The van der Waals surface area contributed by atoms with Gasteiger partial charge in [0.25, 0.3) is 0 Å². The van der Waals surface area contributed by atoms with Crippen molar-refractivity contribution in [3.63, 3.8) is 0 Å². The predicted molar refractivity (Wildman–Crippen MR) is 71.1 cm³/mol. The van der Waals surface area contributed by atoms with E-state index in [0.29, 0.717) is 11.0 Å². The highest BCUT2D eigenvalue weighted by Crippen LogP contribution is 2.45. The van der Waals surface area contributed by atoms with Crippen LogP contribution in [-0.2, 0) is 0 Å². The van der Waals surface area contributed by atoms with E-state index in [0.717, 1.165) is 6.54 Å². The third kappa shape index (κ3) is 2.24. The molecule has 3 aliphatic rings. The van der Waals surface area contributed by atoms with Crippen LogP contribution >= 0.6 is 11.8 Å². The number of amidine groups is 1. The minimum atomic E-state index is 0.423. The Bertz CT molecular complexity index is 301. The zero-order valence-corrected chi connectivity index (χ0v) is 11.0. The number of hydrogen-bond donors (Lipinski definition) is 1. The summed E-state index contributed by atoms with van der Waals surface area (Å²) in [6.07, 6.45) is 9.70. The van der Waals surface area contributed by atoms with Crippen molar-refractivity contribution in [1.82, 2.24) is 5.32 Å². The first-order valence-electron chi connectivity index (χ1n) is 6.65. The van der Waals surface area contributed by atoms with E-state index >= 15 is 0 Å². The van der Waals surface area contributed by atoms with Gasteiger partial charge in [0.15, 0.2) is 5.17 Å². The van der Waals surface area contributed by atoms with E-state index in [2.05, 4.69) is 12.2 Å². The summed E-state index contributed by atoms with van der Waals surface area (Å²) in [7, 11) is 0. The van der Waals surface area contributed by atoms with Crippen LogP contribution in [0.5, 0.6) is 0 Å². The Labute approximate surface area is 103 Å². The van der Waals surface area contributed by atoms with Crippen LogP contribution in [0.4, 0.5) is 0 Å². The Kier molecular flexibility index (Phi) is 2.69. The minimum absolute atomic E-state index is 0.423. The first-order valence-corrected chi connectivity index (χ1v) is 7.64. The van der Waals surface area contributed by atoms with Crippen molar-refractivity contribution in [2.45, 2.75) is 57.4 Å². The standard InChI is InChI=1S/C13H22N2S/c1-12(7-8-12)9-14-11-15-13(10-16-11)5-3-2-4-6-13/h2-10H2,1H3,(H,14,15). The lowest BCUT2D eigenvalue weighted by Crippen LogP contribution is -2.45. The van der Waals surface area contributed by atoms with Gasteiger partial charge in [0.2, 0.25) is 0 Å². The van der Waals surface area contributed by atoms with Gasteiger partial charge in [-0.1, -0.05) is 37.9 Å². The average Bonchev–Trinajstić information content (AvgIpc) is 2.91. The van der Waals surface area contributed by atoms with Gasteiger partial charge in [0, 0.05) is 17.8 Å². The highest BCUT2D eigenvalue weighted by molar-refractivity contribution is 8.14. The zero-order valence-electron chi connectivity index (χ0n) is 10.2. The number of nitrogens with one attached hydrogen (secondary N) is 1. The van der Waals surface area contributed by atoms with Crippen LogP contribution in [0.3, 0.4) is 0 Å². The van der Waals surface area contributed by atoms with E-state index in [1.807, 2.05) is 11.8 Å². The Hall–Kier alpha value is -0.180. The molecule has 90 valence electrons. The van der Waals surface area contributed by atoms with Gasteiger partial charge < -0.3 is 5.32 Å². The second-order valence-electron chi connectivity index (χ2n) is 6.19. The summed E-state index contributed by atoms with van der Waals surface area (Å²) >= 11 is 1.96. The summed E-state index contributed by atoms with van der Waals surface area (Å²) in [5.74, 6) is 1.25. The van der Waals surface area contributed by atoms with Crippen LogP contribution in [0.15, 0.2) is 4.99 Å². The maximum atomic E-state index is 4.78. The molecule has 0 aromatic heterocycles. The molecule has 1 aliphatic heterocycles. The molecule has 0 atom stereocenters. The topological polar surface area (TPSA) is 24.4 Å². The summed E-state index contributed by atoms with van der Waals surface area (Å²) < 4.78 is 0. The molecule has 1 heterocycles. The second-order valence-corrected chi connectivity index (χ2v) is 7.15. The van der Waals surface area contributed by atoms with E-state index in [9.17, 15) is 0 Å². The van der Waals surface area contributed by atoms with Crippen molar-refractivity contribution in [1.29, 1.82) is 0 Å². The Balaban J connectivity index is 1.59. The normalized spacial score (nSPS) is 32.9. The molecule has 3 rings (SSSR count). The van der Waals surface area contributed by atoms with Crippen molar-refractivity contribution in [3.05, 3.63) is 0 Å². The highest BCUT2D eigenvalue weighted by atomic mass is 32.2.